The fraction of sp³-hybridized carbons (Fsp3) is 0.625. The summed E-state index contributed by atoms with van der Waals surface area (Å²) in [5.41, 5.74) is 6.87. The number of hydrogen-bond donors (Lipinski definition) is 1. The molecule has 2 N–H and O–H groups in total. The maximum Gasteiger partial charge on any atom is 0.123 e. The molecule has 0 bridgehead atoms. The summed E-state index contributed by atoms with van der Waals surface area (Å²) in [6, 6.07) is 6.81. The molecule has 0 amide bonds. The van der Waals surface area contributed by atoms with Crippen molar-refractivity contribution in [3.8, 4) is 0 Å². The Morgan fingerprint density at radius 2 is 1.95 bits per heavy atom. The van der Waals surface area contributed by atoms with Crippen molar-refractivity contribution >= 4 is 0 Å². The lowest BCUT2D eigenvalue weighted by Gasteiger charge is -2.45. The molecule has 19 heavy (non-hydrogen) atoms. The Kier molecular flexibility index (Phi) is 4.26. The molecule has 1 aromatic carbocycles. The Hall–Kier alpha value is -0.930. The van der Waals surface area contributed by atoms with E-state index in [9.17, 15) is 4.39 Å². The first-order valence-corrected chi connectivity index (χ1v) is 7.14. The highest BCUT2D eigenvalue weighted by atomic mass is 19.1. The second-order valence-corrected chi connectivity index (χ2v) is 5.92. The van der Waals surface area contributed by atoms with E-state index in [1.54, 1.807) is 0 Å². The highest BCUT2D eigenvalue weighted by Crippen LogP contribution is 2.42. The van der Waals surface area contributed by atoms with Gasteiger partial charge in [-0.1, -0.05) is 19.1 Å². The lowest BCUT2D eigenvalue weighted by molar-refractivity contribution is -0.103. The third-order valence-corrected chi connectivity index (χ3v) is 4.66. The summed E-state index contributed by atoms with van der Waals surface area (Å²) < 4.78 is 19.2. The lowest BCUT2D eigenvalue weighted by Crippen LogP contribution is -2.46. The first kappa shape index (κ1) is 14.5. The van der Waals surface area contributed by atoms with Gasteiger partial charge in [0.05, 0.1) is 12.2 Å². The lowest BCUT2D eigenvalue weighted by atomic mass is 9.70. The van der Waals surface area contributed by atoms with Crippen LogP contribution in [0.3, 0.4) is 0 Å². The van der Waals surface area contributed by atoms with E-state index in [2.05, 4.69) is 13.8 Å². The van der Waals surface area contributed by atoms with Crippen molar-refractivity contribution in [2.45, 2.75) is 50.5 Å². The van der Waals surface area contributed by atoms with Gasteiger partial charge in [0.1, 0.15) is 5.82 Å². The van der Waals surface area contributed by atoms with E-state index in [0.717, 1.165) is 31.2 Å². The highest BCUT2D eigenvalue weighted by molar-refractivity contribution is 5.27. The largest absolute Gasteiger partial charge is 0.374 e. The van der Waals surface area contributed by atoms with Crippen molar-refractivity contribution in [2.75, 3.05) is 13.2 Å². The molecule has 1 aliphatic rings. The summed E-state index contributed by atoms with van der Waals surface area (Å²) in [6.07, 6.45) is 3.99. The summed E-state index contributed by atoms with van der Waals surface area (Å²) in [5, 5.41) is 0. The molecule has 1 aromatic rings. The maximum atomic E-state index is 13.1. The third kappa shape index (κ3) is 2.98. The maximum absolute atomic E-state index is 13.1. The monoisotopic (exact) mass is 265 g/mol. The standard InChI is InChI=1S/C16H24FNO/c1-3-15(2)8-9-16(10-11-18,12-19-15)13-4-6-14(17)7-5-13/h4-7H,3,8-12,18H2,1-2H3. The van der Waals surface area contributed by atoms with Gasteiger partial charge < -0.3 is 10.5 Å². The van der Waals surface area contributed by atoms with Crippen LogP contribution in [0.2, 0.25) is 0 Å². The first-order chi connectivity index (χ1) is 9.03. The highest BCUT2D eigenvalue weighted by Gasteiger charge is 2.41. The van der Waals surface area contributed by atoms with Crippen LogP contribution in [0.15, 0.2) is 24.3 Å². The molecule has 1 fully saturated rings. The molecule has 0 radical (unpaired) electrons. The Bertz CT molecular complexity index is 407. The predicted octanol–water partition coefficient (Wildman–Crippen LogP) is 3.39. The average molecular weight is 265 g/mol. The Morgan fingerprint density at radius 1 is 1.26 bits per heavy atom. The van der Waals surface area contributed by atoms with Crippen LogP contribution in [0, 0.1) is 5.82 Å². The second kappa shape index (κ2) is 5.59. The minimum absolute atomic E-state index is 0.0157. The molecule has 0 aliphatic carbocycles. The van der Waals surface area contributed by atoms with Crippen LogP contribution in [-0.4, -0.2) is 18.8 Å². The van der Waals surface area contributed by atoms with E-state index in [0.29, 0.717) is 13.2 Å². The summed E-state index contributed by atoms with van der Waals surface area (Å²) in [7, 11) is 0. The molecule has 0 spiro atoms. The third-order valence-electron chi connectivity index (χ3n) is 4.66. The molecular formula is C16H24FNO. The van der Waals surface area contributed by atoms with Crippen LogP contribution in [-0.2, 0) is 10.2 Å². The van der Waals surface area contributed by atoms with E-state index >= 15 is 0 Å². The second-order valence-electron chi connectivity index (χ2n) is 5.92. The summed E-state index contributed by atoms with van der Waals surface area (Å²) >= 11 is 0. The molecule has 0 aromatic heterocycles. The topological polar surface area (TPSA) is 35.2 Å². The molecular weight excluding hydrogens is 241 g/mol. The van der Waals surface area contributed by atoms with Gasteiger partial charge in [-0.2, -0.15) is 0 Å². The molecule has 1 heterocycles. The zero-order chi connectivity index (χ0) is 13.9. The van der Waals surface area contributed by atoms with Crippen molar-refractivity contribution in [2.24, 2.45) is 5.73 Å². The van der Waals surface area contributed by atoms with Crippen molar-refractivity contribution in [1.82, 2.24) is 0 Å². The van der Waals surface area contributed by atoms with Gasteiger partial charge in [-0.25, -0.2) is 4.39 Å². The summed E-state index contributed by atoms with van der Waals surface area (Å²) in [5.74, 6) is -0.193. The fourth-order valence-corrected chi connectivity index (χ4v) is 2.89. The number of hydrogen-bond acceptors (Lipinski definition) is 2. The number of ether oxygens (including phenoxy) is 1. The van der Waals surface area contributed by atoms with Crippen molar-refractivity contribution in [3.63, 3.8) is 0 Å². The van der Waals surface area contributed by atoms with E-state index in [1.807, 2.05) is 12.1 Å². The number of benzene rings is 1. The van der Waals surface area contributed by atoms with Crippen LogP contribution in [0.1, 0.15) is 45.1 Å². The molecule has 0 saturated carbocycles. The van der Waals surface area contributed by atoms with Gasteiger partial charge in [-0.15, -0.1) is 0 Å². The first-order valence-electron chi connectivity index (χ1n) is 7.14. The normalized spacial score (nSPS) is 31.4. The van der Waals surface area contributed by atoms with Crippen LogP contribution in [0.25, 0.3) is 0 Å². The molecule has 2 nitrogen and oxygen atoms in total. The zero-order valence-corrected chi connectivity index (χ0v) is 11.9. The Labute approximate surface area is 115 Å². The van der Waals surface area contributed by atoms with Gasteiger partial charge in [0.25, 0.3) is 0 Å². The Morgan fingerprint density at radius 3 is 2.42 bits per heavy atom. The molecule has 106 valence electrons. The van der Waals surface area contributed by atoms with Crippen LogP contribution < -0.4 is 5.73 Å². The fourth-order valence-electron chi connectivity index (χ4n) is 2.89. The average Bonchev–Trinajstić information content (AvgIpc) is 2.43. The number of nitrogens with two attached hydrogens (primary N) is 1. The van der Waals surface area contributed by atoms with E-state index < -0.39 is 0 Å². The minimum atomic E-state index is -0.193. The quantitative estimate of drug-likeness (QED) is 0.905. The molecule has 2 unspecified atom stereocenters. The minimum Gasteiger partial charge on any atom is -0.374 e. The smallest absolute Gasteiger partial charge is 0.123 e. The van der Waals surface area contributed by atoms with Crippen molar-refractivity contribution in [1.29, 1.82) is 0 Å². The summed E-state index contributed by atoms with van der Waals surface area (Å²) in [6.45, 7) is 5.64. The zero-order valence-electron chi connectivity index (χ0n) is 11.9. The van der Waals surface area contributed by atoms with E-state index in [-0.39, 0.29) is 16.8 Å². The van der Waals surface area contributed by atoms with Crippen LogP contribution >= 0.6 is 0 Å². The van der Waals surface area contributed by atoms with Gasteiger partial charge in [0.15, 0.2) is 0 Å². The molecule has 2 rings (SSSR count). The predicted molar refractivity (Wildman–Crippen MR) is 75.6 cm³/mol. The Balaban J connectivity index is 2.23. The molecule has 1 saturated heterocycles. The SMILES string of the molecule is CCC1(C)CCC(CCN)(c2ccc(F)cc2)CO1. The summed E-state index contributed by atoms with van der Waals surface area (Å²) in [4.78, 5) is 0. The number of rotatable bonds is 4. The molecule has 2 atom stereocenters. The van der Waals surface area contributed by atoms with Gasteiger partial charge in [-0.3, -0.25) is 0 Å². The number of halogens is 1. The van der Waals surface area contributed by atoms with E-state index in [1.165, 1.54) is 12.1 Å². The van der Waals surface area contributed by atoms with E-state index in [4.69, 9.17) is 10.5 Å². The van der Waals surface area contributed by atoms with Crippen LogP contribution in [0.5, 0.6) is 0 Å². The van der Waals surface area contributed by atoms with Gasteiger partial charge >= 0.3 is 0 Å². The van der Waals surface area contributed by atoms with Gasteiger partial charge in [0.2, 0.25) is 0 Å². The molecule has 1 aliphatic heterocycles. The van der Waals surface area contributed by atoms with Gasteiger partial charge in [0, 0.05) is 5.41 Å². The van der Waals surface area contributed by atoms with Crippen molar-refractivity contribution in [3.05, 3.63) is 35.6 Å². The van der Waals surface area contributed by atoms with Gasteiger partial charge in [-0.05, 0) is 56.8 Å². The van der Waals surface area contributed by atoms with Crippen molar-refractivity contribution < 1.29 is 9.13 Å². The van der Waals surface area contributed by atoms with Crippen LogP contribution in [0.4, 0.5) is 4.39 Å². The molecule has 3 heteroatoms.